The zero-order valence-electron chi connectivity index (χ0n) is 30.8. The first-order valence-corrected chi connectivity index (χ1v) is 19.4. The van der Waals surface area contributed by atoms with Crippen molar-refractivity contribution in [3.05, 3.63) is 176 Å². The Morgan fingerprint density at radius 2 is 0.776 bits per heavy atom. The molecule has 0 unspecified atom stereocenters. The molecule has 0 bridgehead atoms. The lowest BCUT2D eigenvalue weighted by atomic mass is 10.1. The summed E-state index contributed by atoms with van der Waals surface area (Å²) in [5, 5.41) is 8.89. The molecule has 0 aliphatic rings. The number of fused-ring (bicyclic) bond motifs is 12. The Labute approximate surface area is 329 Å². The van der Waals surface area contributed by atoms with Gasteiger partial charge in [0.05, 0.1) is 33.1 Å². The molecule has 7 heteroatoms. The van der Waals surface area contributed by atoms with Gasteiger partial charge in [-0.05, 0) is 66.7 Å². The first kappa shape index (κ1) is 31.2. The number of nitrogens with zero attached hydrogens (tertiary/aromatic N) is 5. The molecule has 0 atom stereocenters. The quantitative estimate of drug-likeness (QED) is 0.179. The molecule has 0 saturated heterocycles. The third kappa shape index (κ3) is 4.41. The second-order valence-corrected chi connectivity index (χ2v) is 14.8. The summed E-state index contributed by atoms with van der Waals surface area (Å²) in [5.74, 6) is 1.61. The average Bonchev–Trinajstić information content (AvgIpc) is 4.03. The van der Waals surface area contributed by atoms with Gasteiger partial charge in [0, 0.05) is 48.8 Å². The van der Waals surface area contributed by atoms with E-state index in [1.54, 1.807) is 0 Å². The topological polar surface area (TPSA) is 74.8 Å². The van der Waals surface area contributed by atoms with E-state index in [0.29, 0.717) is 17.6 Å². The van der Waals surface area contributed by atoms with E-state index < -0.39 is 0 Å². The minimum Gasteiger partial charge on any atom is -0.456 e. The molecule has 0 spiro atoms. The van der Waals surface area contributed by atoms with Gasteiger partial charge in [-0.1, -0.05) is 109 Å². The van der Waals surface area contributed by atoms with Crippen molar-refractivity contribution in [1.29, 1.82) is 0 Å². The minimum absolute atomic E-state index is 0.528. The Bertz CT molecular complexity index is 3720. The van der Waals surface area contributed by atoms with Crippen molar-refractivity contribution in [2.45, 2.75) is 0 Å². The maximum atomic E-state index is 6.69. The molecule has 5 aromatic heterocycles. The zero-order valence-corrected chi connectivity index (χ0v) is 30.8. The van der Waals surface area contributed by atoms with Crippen LogP contribution in [0.5, 0.6) is 0 Å². The maximum absolute atomic E-state index is 6.69. The monoisotopic (exact) mass is 743 g/mol. The summed E-state index contributed by atoms with van der Waals surface area (Å²) in [5.41, 5.74) is 10.3. The van der Waals surface area contributed by atoms with Crippen LogP contribution in [0.4, 0.5) is 0 Å². The van der Waals surface area contributed by atoms with Crippen LogP contribution in [-0.4, -0.2) is 24.1 Å². The van der Waals surface area contributed by atoms with Crippen LogP contribution in [0.2, 0.25) is 0 Å². The lowest BCUT2D eigenvalue weighted by Gasteiger charge is -2.11. The Morgan fingerprint density at radius 3 is 1.38 bits per heavy atom. The van der Waals surface area contributed by atoms with E-state index in [4.69, 9.17) is 23.8 Å². The SMILES string of the molecule is c1ccc2c(c1)oc1cc(-c3nc(-c4ccc5c(c4)oc4cccc(-n6c7ccccc7c7ccccc76)c45)nc(-n4c5ccccc5c5ccccc54)n3)ccc12. The smallest absolute Gasteiger partial charge is 0.238 e. The number of benzene rings is 8. The van der Waals surface area contributed by atoms with Gasteiger partial charge in [0.2, 0.25) is 5.95 Å². The van der Waals surface area contributed by atoms with E-state index in [2.05, 4.69) is 155 Å². The van der Waals surface area contributed by atoms with E-state index in [9.17, 15) is 0 Å². The van der Waals surface area contributed by atoms with E-state index >= 15 is 0 Å². The molecular weight excluding hydrogens is 715 g/mol. The van der Waals surface area contributed by atoms with E-state index in [1.807, 2.05) is 30.3 Å². The van der Waals surface area contributed by atoms with E-state index in [0.717, 1.165) is 93.5 Å². The van der Waals surface area contributed by atoms with Crippen molar-refractivity contribution >= 4 is 87.5 Å². The van der Waals surface area contributed by atoms with Crippen LogP contribution < -0.4 is 0 Å². The van der Waals surface area contributed by atoms with Crippen LogP contribution in [0.25, 0.3) is 122 Å². The Kier molecular flexibility index (Phi) is 6.32. The summed E-state index contributed by atoms with van der Waals surface area (Å²) < 4.78 is 17.5. The molecule has 0 aliphatic heterocycles. The highest BCUT2D eigenvalue weighted by atomic mass is 16.3. The third-order valence-corrected chi connectivity index (χ3v) is 11.6. The van der Waals surface area contributed by atoms with Gasteiger partial charge in [0.25, 0.3) is 0 Å². The van der Waals surface area contributed by atoms with Crippen molar-refractivity contribution < 1.29 is 8.83 Å². The van der Waals surface area contributed by atoms with Crippen molar-refractivity contribution in [3.63, 3.8) is 0 Å². The molecule has 0 amide bonds. The maximum Gasteiger partial charge on any atom is 0.238 e. The highest BCUT2D eigenvalue weighted by Gasteiger charge is 2.21. The number of para-hydroxylation sites is 5. The summed E-state index contributed by atoms with van der Waals surface area (Å²) in [4.78, 5) is 15.6. The van der Waals surface area contributed by atoms with Gasteiger partial charge in [-0.3, -0.25) is 4.57 Å². The average molecular weight is 744 g/mol. The molecule has 0 fully saturated rings. The molecule has 0 aliphatic carbocycles. The first-order chi connectivity index (χ1) is 28.7. The number of aromatic nitrogens is 5. The molecule has 270 valence electrons. The standard InChI is InChI=1S/C51H29N5O2/c1-6-17-39-32(12-1)33-13-2-7-18-40(33)55(39)43-21-11-23-45-48(43)38-27-25-31(29-47(38)58-45)50-52-49(30-24-26-37-36-16-5-10-22-44(36)57-46(37)28-30)53-51(54-50)56-41-19-8-3-14-34(41)35-15-4-9-20-42(35)56/h1-29H. The molecule has 0 radical (unpaired) electrons. The number of rotatable bonds is 4. The van der Waals surface area contributed by atoms with Crippen molar-refractivity contribution in [2.24, 2.45) is 0 Å². The molecule has 0 saturated carbocycles. The van der Waals surface area contributed by atoms with Crippen molar-refractivity contribution in [2.75, 3.05) is 0 Å². The molecule has 8 aromatic carbocycles. The van der Waals surface area contributed by atoms with Crippen LogP contribution >= 0.6 is 0 Å². The Hall–Kier alpha value is -8.03. The second kappa shape index (κ2) is 11.7. The van der Waals surface area contributed by atoms with Crippen molar-refractivity contribution in [1.82, 2.24) is 24.1 Å². The summed E-state index contributed by atoms with van der Waals surface area (Å²) in [6, 6.07) is 60.8. The zero-order chi connectivity index (χ0) is 37.9. The second-order valence-electron chi connectivity index (χ2n) is 14.8. The van der Waals surface area contributed by atoms with Gasteiger partial charge < -0.3 is 13.4 Å². The van der Waals surface area contributed by atoms with Gasteiger partial charge in [-0.15, -0.1) is 0 Å². The number of hydrogen-bond acceptors (Lipinski definition) is 5. The highest BCUT2D eigenvalue weighted by Crippen LogP contribution is 2.40. The predicted octanol–water partition coefficient (Wildman–Crippen LogP) is 13.2. The molecule has 58 heavy (non-hydrogen) atoms. The fraction of sp³-hybridized carbons (Fsp3) is 0. The summed E-state index contributed by atoms with van der Waals surface area (Å²) in [6.07, 6.45) is 0. The highest BCUT2D eigenvalue weighted by molar-refractivity contribution is 6.15. The van der Waals surface area contributed by atoms with Crippen LogP contribution in [-0.2, 0) is 0 Å². The van der Waals surface area contributed by atoms with Crippen LogP contribution in [0.1, 0.15) is 0 Å². The summed E-state index contributed by atoms with van der Waals surface area (Å²) in [7, 11) is 0. The number of furan rings is 2. The fourth-order valence-corrected chi connectivity index (χ4v) is 9.04. The molecule has 7 nitrogen and oxygen atoms in total. The van der Waals surface area contributed by atoms with E-state index in [1.165, 1.54) is 10.8 Å². The number of hydrogen-bond donors (Lipinski definition) is 0. The Balaban J connectivity index is 1.04. The van der Waals surface area contributed by atoms with Crippen LogP contribution in [0.15, 0.2) is 185 Å². The van der Waals surface area contributed by atoms with Crippen LogP contribution in [0.3, 0.4) is 0 Å². The predicted molar refractivity (Wildman–Crippen MR) is 234 cm³/mol. The fourth-order valence-electron chi connectivity index (χ4n) is 9.04. The van der Waals surface area contributed by atoms with Gasteiger partial charge >= 0.3 is 0 Å². The van der Waals surface area contributed by atoms with Gasteiger partial charge in [-0.25, -0.2) is 4.98 Å². The normalized spacial score (nSPS) is 12.1. The lowest BCUT2D eigenvalue weighted by molar-refractivity contribution is 0.668. The largest absolute Gasteiger partial charge is 0.456 e. The van der Waals surface area contributed by atoms with Gasteiger partial charge in [0.1, 0.15) is 22.3 Å². The van der Waals surface area contributed by atoms with Gasteiger partial charge in [-0.2, -0.15) is 9.97 Å². The summed E-state index contributed by atoms with van der Waals surface area (Å²) >= 11 is 0. The van der Waals surface area contributed by atoms with Gasteiger partial charge in [0.15, 0.2) is 11.6 Å². The van der Waals surface area contributed by atoms with Crippen molar-refractivity contribution in [3.8, 4) is 34.4 Å². The van der Waals surface area contributed by atoms with E-state index in [-0.39, 0.29) is 0 Å². The Morgan fingerprint density at radius 1 is 0.328 bits per heavy atom. The first-order valence-electron chi connectivity index (χ1n) is 19.4. The summed E-state index contributed by atoms with van der Waals surface area (Å²) in [6.45, 7) is 0. The molecule has 13 rings (SSSR count). The molecule has 5 heterocycles. The lowest BCUT2D eigenvalue weighted by Crippen LogP contribution is -2.06. The van der Waals surface area contributed by atoms with Crippen LogP contribution in [0, 0.1) is 0 Å². The minimum atomic E-state index is 0.528. The molecule has 0 N–H and O–H groups in total. The molecule has 13 aromatic rings. The third-order valence-electron chi connectivity index (χ3n) is 11.6. The molecular formula is C51H29N5O2.